The molecule has 1 aliphatic rings. The quantitative estimate of drug-likeness (QED) is 0.343. The van der Waals surface area contributed by atoms with Crippen LogP contribution in [0.15, 0.2) is 57.9 Å². The van der Waals surface area contributed by atoms with Crippen LogP contribution in [0.2, 0.25) is 0 Å². The van der Waals surface area contributed by atoms with Gasteiger partial charge in [-0.15, -0.1) is 0 Å². The predicted octanol–water partition coefficient (Wildman–Crippen LogP) is 1.43. The standard InChI is InChI=1S/C25H27N3O7S/c1-28(2)18-6-5-15-9-17(4-3-16(15)10-18)22-8-7-19(35-22)11-20(12-26)36(32,33)27-13-23-25(31)24(30)21(29)14-34-23/h3-11,21,23-25,27,29-31H,13-14H2,1-2H3/b20-11+/t21-,23+,24+,25+/m0/s1. The van der Waals surface area contributed by atoms with Crippen molar-refractivity contribution in [3.05, 3.63) is 59.2 Å². The molecular weight excluding hydrogens is 486 g/mol. The van der Waals surface area contributed by atoms with E-state index in [-0.39, 0.29) is 12.4 Å². The molecule has 11 heteroatoms. The fourth-order valence-corrected chi connectivity index (χ4v) is 4.80. The summed E-state index contributed by atoms with van der Waals surface area (Å²) >= 11 is 0. The van der Waals surface area contributed by atoms with Crippen molar-refractivity contribution in [2.24, 2.45) is 0 Å². The number of anilines is 1. The molecule has 4 rings (SSSR count). The number of nitrogens with zero attached hydrogens (tertiary/aromatic N) is 2. The summed E-state index contributed by atoms with van der Waals surface area (Å²) in [4.78, 5) is 1.43. The number of furan rings is 1. The van der Waals surface area contributed by atoms with Gasteiger partial charge in [0.25, 0.3) is 10.0 Å². The lowest BCUT2D eigenvalue weighted by atomic mass is 10.0. The molecule has 0 spiro atoms. The van der Waals surface area contributed by atoms with E-state index in [9.17, 15) is 29.0 Å². The first-order valence-corrected chi connectivity index (χ1v) is 12.7. The summed E-state index contributed by atoms with van der Waals surface area (Å²) in [5, 5.41) is 40.8. The van der Waals surface area contributed by atoms with E-state index in [1.165, 1.54) is 0 Å². The van der Waals surface area contributed by atoms with Crippen molar-refractivity contribution < 1.29 is 32.9 Å². The first-order valence-electron chi connectivity index (χ1n) is 11.2. The van der Waals surface area contributed by atoms with Gasteiger partial charge >= 0.3 is 0 Å². The molecule has 3 aromatic rings. The SMILES string of the molecule is CN(C)c1ccc2cc(-c3ccc(/C=C(\C#N)S(=O)(=O)NC[C@H]4OC[C@H](O)[C@@H](O)[C@@H]4O)o3)ccc2c1. The summed E-state index contributed by atoms with van der Waals surface area (Å²) in [6.07, 6.45) is -4.21. The van der Waals surface area contributed by atoms with Crippen LogP contribution < -0.4 is 9.62 Å². The molecule has 0 radical (unpaired) electrons. The Morgan fingerprint density at radius 3 is 2.56 bits per heavy atom. The third-order valence-electron chi connectivity index (χ3n) is 6.01. The van der Waals surface area contributed by atoms with Gasteiger partial charge in [0.1, 0.15) is 35.9 Å². The van der Waals surface area contributed by atoms with Gasteiger partial charge in [0, 0.05) is 38.0 Å². The Hall–Kier alpha value is -3.24. The summed E-state index contributed by atoms with van der Waals surface area (Å²) in [5.41, 5.74) is 1.88. The average Bonchev–Trinajstić information content (AvgIpc) is 3.33. The molecule has 1 aromatic heterocycles. The van der Waals surface area contributed by atoms with Gasteiger partial charge in [0.2, 0.25) is 0 Å². The Labute approximate surface area is 208 Å². The third kappa shape index (κ3) is 5.44. The van der Waals surface area contributed by atoms with Gasteiger partial charge in [0.05, 0.1) is 12.7 Å². The predicted molar refractivity (Wildman–Crippen MR) is 134 cm³/mol. The average molecular weight is 514 g/mol. The molecule has 4 atom stereocenters. The fourth-order valence-electron chi connectivity index (χ4n) is 3.87. The number of fused-ring (bicyclic) bond motifs is 1. The van der Waals surface area contributed by atoms with Crippen LogP contribution in [0.5, 0.6) is 0 Å². The Balaban J connectivity index is 1.50. The highest BCUT2D eigenvalue weighted by Gasteiger charge is 2.38. The van der Waals surface area contributed by atoms with E-state index in [1.807, 2.05) is 49.3 Å². The molecule has 4 N–H and O–H groups in total. The van der Waals surface area contributed by atoms with Gasteiger partial charge in [0.15, 0.2) is 4.91 Å². The Morgan fingerprint density at radius 1 is 1.11 bits per heavy atom. The van der Waals surface area contributed by atoms with Crippen molar-refractivity contribution in [3.8, 4) is 17.4 Å². The number of sulfonamides is 1. The molecule has 0 amide bonds. The number of nitrogens with one attached hydrogen (secondary N) is 1. The van der Waals surface area contributed by atoms with Gasteiger partial charge in [-0.25, -0.2) is 13.1 Å². The number of benzene rings is 2. The lowest BCUT2D eigenvalue weighted by Crippen LogP contribution is -2.56. The van der Waals surface area contributed by atoms with E-state index < -0.39 is 45.9 Å². The van der Waals surface area contributed by atoms with Crippen molar-refractivity contribution in [3.63, 3.8) is 0 Å². The maximum Gasteiger partial charge on any atom is 0.250 e. The van der Waals surface area contributed by atoms with E-state index in [0.29, 0.717) is 5.76 Å². The number of aliphatic hydroxyl groups excluding tert-OH is 3. The Bertz CT molecular complexity index is 1420. The second-order valence-corrected chi connectivity index (χ2v) is 10.5. The smallest absolute Gasteiger partial charge is 0.250 e. The van der Waals surface area contributed by atoms with Crippen LogP contribution in [0.1, 0.15) is 5.76 Å². The maximum absolute atomic E-state index is 12.7. The molecule has 0 unspecified atom stereocenters. The molecule has 1 aliphatic heterocycles. The van der Waals surface area contributed by atoms with Crippen LogP contribution in [-0.2, 0) is 14.8 Å². The zero-order valence-corrected chi connectivity index (χ0v) is 20.5. The van der Waals surface area contributed by atoms with Crippen LogP contribution >= 0.6 is 0 Å². The van der Waals surface area contributed by atoms with E-state index in [0.717, 1.165) is 28.1 Å². The third-order valence-corrected chi connectivity index (χ3v) is 7.34. The zero-order valence-electron chi connectivity index (χ0n) is 19.7. The number of rotatable bonds is 7. The Kier molecular flexibility index (Phi) is 7.46. The summed E-state index contributed by atoms with van der Waals surface area (Å²) in [6.45, 7) is -0.658. The molecule has 2 aromatic carbocycles. The highest BCUT2D eigenvalue weighted by atomic mass is 32.2. The number of allylic oxidation sites excluding steroid dienone is 1. The van der Waals surface area contributed by atoms with Gasteiger partial charge in [-0.2, -0.15) is 5.26 Å². The number of nitriles is 1. The Morgan fingerprint density at radius 2 is 1.83 bits per heavy atom. The minimum Gasteiger partial charge on any atom is -0.457 e. The lowest BCUT2D eigenvalue weighted by Gasteiger charge is -2.35. The summed E-state index contributed by atoms with van der Waals surface area (Å²) in [7, 11) is -0.322. The zero-order chi connectivity index (χ0) is 26.0. The number of hydrogen-bond donors (Lipinski definition) is 4. The summed E-state index contributed by atoms with van der Waals surface area (Å²) < 4.78 is 38.5. The second kappa shape index (κ2) is 10.4. The van der Waals surface area contributed by atoms with Crippen LogP contribution in [0.25, 0.3) is 28.2 Å². The van der Waals surface area contributed by atoms with Gasteiger partial charge in [-0.05, 0) is 41.1 Å². The molecule has 0 bridgehead atoms. The minimum absolute atomic E-state index is 0.169. The van der Waals surface area contributed by atoms with E-state index in [2.05, 4.69) is 10.8 Å². The van der Waals surface area contributed by atoms with Crippen LogP contribution in [0, 0.1) is 11.3 Å². The highest BCUT2D eigenvalue weighted by Crippen LogP contribution is 2.29. The van der Waals surface area contributed by atoms with Crippen molar-refractivity contribution in [1.29, 1.82) is 5.26 Å². The lowest BCUT2D eigenvalue weighted by molar-refractivity contribution is -0.184. The first-order chi connectivity index (χ1) is 17.1. The molecule has 190 valence electrons. The van der Waals surface area contributed by atoms with Crippen molar-refractivity contribution in [2.75, 3.05) is 32.1 Å². The fraction of sp³-hybridized carbons (Fsp3) is 0.320. The van der Waals surface area contributed by atoms with Crippen LogP contribution in [-0.4, -0.2) is 75.4 Å². The van der Waals surface area contributed by atoms with Gasteiger partial charge < -0.3 is 29.4 Å². The van der Waals surface area contributed by atoms with E-state index in [1.54, 1.807) is 18.2 Å². The molecule has 10 nitrogen and oxygen atoms in total. The van der Waals surface area contributed by atoms with Crippen molar-refractivity contribution in [2.45, 2.75) is 24.4 Å². The molecule has 0 aliphatic carbocycles. The second-order valence-electron chi connectivity index (χ2n) is 8.74. The molecule has 1 saturated heterocycles. The normalized spacial score (nSPS) is 22.9. The van der Waals surface area contributed by atoms with Crippen molar-refractivity contribution in [1.82, 2.24) is 4.72 Å². The molecule has 1 fully saturated rings. The monoisotopic (exact) mass is 513 g/mol. The van der Waals surface area contributed by atoms with Gasteiger partial charge in [-0.1, -0.05) is 18.2 Å². The van der Waals surface area contributed by atoms with E-state index >= 15 is 0 Å². The van der Waals surface area contributed by atoms with Crippen molar-refractivity contribution >= 4 is 32.6 Å². The topological polar surface area (TPSA) is 156 Å². The molecule has 0 saturated carbocycles. The van der Waals surface area contributed by atoms with Crippen LogP contribution in [0.3, 0.4) is 0 Å². The number of ether oxygens (including phenoxy) is 1. The van der Waals surface area contributed by atoms with E-state index in [4.69, 9.17) is 9.15 Å². The highest BCUT2D eigenvalue weighted by molar-refractivity contribution is 7.93. The van der Waals surface area contributed by atoms with Crippen LogP contribution in [0.4, 0.5) is 5.69 Å². The molecule has 36 heavy (non-hydrogen) atoms. The molecular formula is C25H27N3O7S. The number of hydrogen-bond acceptors (Lipinski definition) is 9. The summed E-state index contributed by atoms with van der Waals surface area (Å²) in [5.74, 6) is 0.677. The first kappa shape index (κ1) is 25.8. The largest absolute Gasteiger partial charge is 0.457 e. The number of aliphatic hydroxyl groups is 3. The minimum atomic E-state index is -4.27. The summed E-state index contributed by atoms with van der Waals surface area (Å²) in [6, 6.07) is 16.8. The maximum atomic E-state index is 12.7. The molecule has 2 heterocycles. The van der Waals surface area contributed by atoms with Gasteiger partial charge in [-0.3, -0.25) is 0 Å².